The van der Waals surface area contributed by atoms with Gasteiger partial charge in [-0.1, -0.05) is 79.5 Å². The molecule has 0 aliphatic rings. The van der Waals surface area contributed by atoms with Crippen LogP contribution in [0.1, 0.15) is 41.5 Å². The molecule has 0 atom stereocenters. The summed E-state index contributed by atoms with van der Waals surface area (Å²) in [6.45, 7) is 24.4. The maximum Gasteiger partial charge on any atom is 0.0765 e. The number of allylic oxidation sites excluding steroid dienone is 1. The van der Waals surface area contributed by atoms with Gasteiger partial charge in [-0.25, -0.2) is 0 Å². The average Bonchev–Trinajstić information content (AvgIpc) is 1.98. The van der Waals surface area contributed by atoms with Crippen LogP contribution in [0, 0.1) is 0 Å². The summed E-state index contributed by atoms with van der Waals surface area (Å²) in [4.78, 5) is 0. The van der Waals surface area contributed by atoms with Gasteiger partial charge in [0.25, 0.3) is 0 Å². The predicted octanol–water partition coefficient (Wildman–Crippen LogP) is 6.10. The maximum atomic E-state index is 2.58. The van der Waals surface area contributed by atoms with Crippen LogP contribution in [-0.4, -0.2) is 16.1 Å². The molecule has 0 saturated carbocycles. The Labute approximate surface area is 112 Å². The molecule has 0 fully saturated rings. The molecule has 0 aromatic carbocycles. The molecule has 0 N–H and O–H groups in total. The molecule has 0 radical (unpaired) electrons. The normalized spacial score (nSPS) is 15.6. The summed E-state index contributed by atoms with van der Waals surface area (Å²) in [6, 6.07) is 1.32. The highest BCUT2D eigenvalue weighted by Gasteiger charge is 2.35. The van der Waals surface area contributed by atoms with Crippen molar-refractivity contribution in [3.8, 4) is 0 Å². The van der Waals surface area contributed by atoms with Crippen LogP contribution < -0.4 is 0 Å². The molecular weight excluding hydrogens is 236 g/mol. The van der Waals surface area contributed by atoms with Gasteiger partial charge in [0.1, 0.15) is 0 Å². The largest absolute Gasteiger partial charge is 0.0984 e. The highest BCUT2D eigenvalue weighted by molar-refractivity contribution is 6.85. The van der Waals surface area contributed by atoms with Crippen molar-refractivity contribution in [3.05, 3.63) is 11.8 Å². The monoisotopic (exact) mass is 270 g/mol. The number of hydrogen-bond acceptors (Lipinski definition) is 0. The van der Waals surface area contributed by atoms with E-state index < -0.39 is 16.1 Å². The first-order valence-corrected chi connectivity index (χ1v) is 13.2. The lowest BCUT2D eigenvalue weighted by Gasteiger charge is -2.37. The second-order valence-corrected chi connectivity index (χ2v) is 19.7. The summed E-state index contributed by atoms with van der Waals surface area (Å²) < 4.78 is 0. The summed E-state index contributed by atoms with van der Waals surface area (Å²) in [7, 11) is -2.35. The van der Waals surface area contributed by atoms with Gasteiger partial charge in [-0.05, 0) is 16.1 Å². The van der Waals surface area contributed by atoms with Crippen molar-refractivity contribution in [2.75, 3.05) is 0 Å². The summed E-state index contributed by atoms with van der Waals surface area (Å²) in [5.74, 6) is 0. The van der Waals surface area contributed by atoms with Crippen molar-refractivity contribution < 1.29 is 0 Å². The van der Waals surface area contributed by atoms with E-state index in [1.807, 2.05) is 0 Å². The lowest BCUT2D eigenvalue weighted by atomic mass is 10.2. The number of hydrogen-bond donors (Lipinski definition) is 0. The Balaban J connectivity index is 4.70. The van der Waals surface area contributed by atoms with Crippen molar-refractivity contribution in [3.63, 3.8) is 0 Å². The van der Waals surface area contributed by atoms with Crippen LogP contribution in [0.3, 0.4) is 0 Å². The second-order valence-electron chi connectivity index (χ2n) is 8.71. The highest BCUT2D eigenvalue weighted by Crippen LogP contribution is 2.40. The Bertz CT molecular complexity index is 272. The fraction of sp³-hybridized carbons (Fsp3) is 0.867. The third kappa shape index (κ3) is 4.74. The molecule has 0 aliphatic heterocycles. The van der Waals surface area contributed by atoms with E-state index in [1.165, 1.54) is 6.04 Å². The van der Waals surface area contributed by atoms with E-state index >= 15 is 0 Å². The third-order valence-electron chi connectivity index (χ3n) is 5.13. The molecule has 0 saturated heterocycles. The Morgan fingerprint density at radius 2 is 1.18 bits per heavy atom. The predicted molar refractivity (Wildman–Crippen MR) is 88.3 cm³/mol. The first-order chi connectivity index (χ1) is 7.21. The van der Waals surface area contributed by atoms with Crippen LogP contribution in [0.2, 0.25) is 42.3 Å². The molecule has 0 unspecified atom stereocenters. The smallest absolute Gasteiger partial charge is 0.0765 e. The molecule has 0 aromatic rings. The van der Waals surface area contributed by atoms with Crippen molar-refractivity contribution in [2.45, 2.75) is 83.9 Å². The molecule has 0 aliphatic carbocycles. The van der Waals surface area contributed by atoms with Crippen LogP contribution in [-0.2, 0) is 0 Å². The van der Waals surface area contributed by atoms with Crippen LogP contribution in [0.4, 0.5) is 0 Å². The molecular formula is C15H34Si2. The molecule has 0 bridgehead atoms. The van der Waals surface area contributed by atoms with Gasteiger partial charge >= 0.3 is 0 Å². The van der Waals surface area contributed by atoms with Crippen molar-refractivity contribution in [1.29, 1.82) is 0 Å². The lowest BCUT2D eigenvalue weighted by Crippen LogP contribution is -2.37. The molecule has 0 heterocycles. The molecule has 102 valence electrons. The quantitative estimate of drug-likeness (QED) is 0.544. The lowest BCUT2D eigenvalue weighted by molar-refractivity contribution is 0.719. The molecule has 0 rings (SSSR count). The molecule has 0 amide bonds. The minimum Gasteiger partial charge on any atom is -0.0984 e. The zero-order valence-corrected chi connectivity index (χ0v) is 15.9. The van der Waals surface area contributed by atoms with Gasteiger partial charge in [0.2, 0.25) is 0 Å². The van der Waals surface area contributed by atoms with E-state index in [9.17, 15) is 0 Å². The Morgan fingerprint density at radius 3 is 1.47 bits per heavy atom. The van der Waals surface area contributed by atoms with Crippen LogP contribution in [0.5, 0.6) is 0 Å². The Kier molecular flexibility index (Phi) is 5.09. The van der Waals surface area contributed by atoms with Gasteiger partial charge in [0.15, 0.2) is 0 Å². The van der Waals surface area contributed by atoms with Gasteiger partial charge in [-0.15, -0.1) is 0 Å². The van der Waals surface area contributed by atoms with Crippen LogP contribution in [0.25, 0.3) is 0 Å². The van der Waals surface area contributed by atoms with Crippen molar-refractivity contribution in [1.82, 2.24) is 0 Å². The third-order valence-corrected chi connectivity index (χ3v) is 15.4. The standard InChI is InChI=1S/C15H34Si2/c1-14(2,3)16(7,8)12-11-13-17(9,10)15(4,5)6/h11-12H,13H2,1-10H3. The van der Waals surface area contributed by atoms with E-state index in [0.717, 1.165) is 0 Å². The molecule has 0 aromatic heterocycles. The maximum absolute atomic E-state index is 2.58. The summed E-state index contributed by atoms with van der Waals surface area (Å²) in [5.41, 5.74) is 2.58. The average molecular weight is 271 g/mol. The van der Waals surface area contributed by atoms with Gasteiger partial charge in [-0.3, -0.25) is 0 Å². The SMILES string of the molecule is CC(C)(C)[Si](C)(C)C=CC[Si](C)(C)C(C)(C)C. The summed E-state index contributed by atoms with van der Waals surface area (Å²) in [5, 5.41) is 0.974. The molecule has 2 heteroatoms. The van der Waals surface area contributed by atoms with E-state index in [1.54, 1.807) is 0 Å². The topological polar surface area (TPSA) is 0 Å². The number of rotatable bonds is 3. The van der Waals surface area contributed by atoms with E-state index in [4.69, 9.17) is 0 Å². The molecule has 17 heavy (non-hydrogen) atoms. The van der Waals surface area contributed by atoms with E-state index in [2.05, 4.69) is 79.5 Å². The van der Waals surface area contributed by atoms with Gasteiger partial charge < -0.3 is 0 Å². The zero-order valence-electron chi connectivity index (χ0n) is 13.9. The first-order valence-electron chi connectivity index (χ1n) is 6.88. The molecule has 0 spiro atoms. The summed E-state index contributed by atoms with van der Waals surface area (Å²) >= 11 is 0. The van der Waals surface area contributed by atoms with Crippen molar-refractivity contribution >= 4 is 16.1 Å². The van der Waals surface area contributed by atoms with Crippen LogP contribution in [0.15, 0.2) is 11.8 Å². The first kappa shape index (κ1) is 17.2. The highest BCUT2D eigenvalue weighted by atomic mass is 28.3. The fourth-order valence-electron chi connectivity index (χ4n) is 1.20. The summed E-state index contributed by atoms with van der Waals surface area (Å²) in [6.07, 6.45) is 2.51. The van der Waals surface area contributed by atoms with Crippen molar-refractivity contribution in [2.24, 2.45) is 0 Å². The van der Waals surface area contributed by atoms with Gasteiger partial charge in [0, 0.05) is 0 Å². The van der Waals surface area contributed by atoms with Crippen LogP contribution >= 0.6 is 0 Å². The van der Waals surface area contributed by atoms with E-state index in [0.29, 0.717) is 10.1 Å². The fourth-order valence-corrected chi connectivity index (χ4v) is 3.97. The Morgan fingerprint density at radius 1 is 0.765 bits per heavy atom. The Hall–Kier alpha value is 0.174. The zero-order chi connectivity index (χ0) is 14.1. The molecule has 0 nitrogen and oxygen atoms in total. The second kappa shape index (κ2) is 5.04. The van der Waals surface area contributed by atoms with Gasteiger partial charge in [0.05, 0.1) is 16.1 Å². The van der Waals surface area contributed by atoms with E-state index in [-0.39, 0.29) is 0 Å². The minimum absolute atomic E-state index is 0.469. The minimum atomic E-state index is -1.22. The van der Waals surface area contributed by atoms with Gasteiger partial charge in [-0.2, -0.15) is 0 Å².